The maximum Gasteiger partial charge on any atom is 0.0468 e. The average molecular weight is 746 g/mol. The lowest BCUT2D eigenvalue weighted by Crippen LogP contribution is -2.16. The SMILES string of the molecule is CC1(C)c2cc(-c3ccccc3)ccc2-c2ccc(N(c3ccc(-c4ccc(-c5cccc6c5sc5ccccc56)cc4)cc3)c3ccc4ccccc4c3)cc21. The van der Waals surface area contributed by atoms with Crippen LogP contribution in [0.1, 0.15) is 25.0 Å². The Kier molecular flexibility index (Phi) is 7.77. The fraction of sp³-hybridized carbons (Fsp3) is 0.0545. The summed E-state index contributed by atoms with van der Waals surface area (Å²) in [5, 5.41) is 5.13. The number of nitrogens with zero attached hydrogens (tertiary/aromatic N) is 1. The number of benzene rings is 9. The first-order chi connectivity index (χ1) is 28.0. The highest BCUT2D eigenvalue weighted by Crippen LogP contribution is 2.52. The Morgan fingerprint density at radius 3 is 1.74 bits per heavy atom. The Labute approximate surface area is 337 Å². The van der Waals surface area contributed by atoms with Gasteiger partial charge in [-0.3, -0.25) is 0 Å². The molecule has 11 rings (SSSR count). The summed E-state index contributed by atoms with van der Waals surface area (Å²) in [6, 6.07) is 73.8. The molecule has 10 aromatic rings. The van der Waals surface area contributed by atoms with Crippen molar-refractivity contribution in [1.29, 1.82) is 0 Å². The molecule has 1 heterocycles. The lowest BCUT2D eigenvalue weighted by atomic mass is 9.81. The molecule has 2 heteroatoms. The molecule has 0 N–H and O–H groups in total. The molecule has 0 spiro atoms. The standard InChI is InChI=1S/C55H39NS/c1-55(2)51-34-42(36-11-4-3-5-12-36)26-31-47(51)48-32-30-45(35-52(48)55)56(44-29-25-37-13-6-7-14-41(37)33-44)43-27-23-39(24-28-43)38-19-21-40(22-20-38)46-16-10-17-50-49-15-8-9-18-53(49)57-54(46)50/h3-35H,1-2H3. The monoisotopic (exact) mass is 745 g/mol. The van der Waals surface area contributed by atoms with Crippen LogP contribution in [0.15, 0.2) is 200 Å². The van der Waals surface area contributed by atoms with Crippen molar-refractivity contribution in [2.24, 2.45) is 0 Å². The molecule has 0 aliphatic heterocycles. The normalized spacial score (nSPS) is 12.9. The summed E-state index contributed by atoms with van der Waals surface area (Å²) in [6.07, 6.45) is 0. The zero-order valence-corrected chi connectivity index (χ0v) is 32.7. The summed E-state index contributed by atoms with van der Waals surface area (Å²) in [5.74, 6) is 0. The molecule has 0 saturated carbocycles. The number of fused-ring (bicyclic) bond motifs is 7. The third kappa shape index (κ3) is 5.59. The van der Waals surface area contributed by atoms with Crippen molar-refractivity contribution in [3.05, 3.63) is 211 Å². The van der Waals surface area contributed by atoms with Gasteiger partial charge in [0, 0.05) is 42.6 Å². The Bertz CT molecular complexity index is 3130. The fourth-order valence-corrected chi connectivity index (χ4v) is 10.3. The molecule has 0 atom stereocenters. The quantitative estimate of drug-likeness (QED) is 0.164. The van der Waals surface area contributed by atoms with E-state index in [-0.39, 0.29) is 5.41 Å². The topological polar surface area (TPSA) is 3.24 Å². The van der Waals surface area contributed by atoms with Gasteiger partial charge in [0.2, 0.25) is 0 Å². The predicted molar refractivity (Wildman–Crippen MR) is 245 cm³/mol. The van der Waals surface area contributed by atoms with Gasteiger partial charge in [0.1, 0.15) is 0 Å². The summed E-state index contributed by atoms with van der Waals surface area (Å²) in [4.78, 5) is 2.42. The minimum atomic E-state index is -0.154. The van der Waals surface area contributed by atoms with Crippen LogP contribution in [0.3, 0.4) is 0 Å². The van der Waals surface area contributed by atoms with Gasteiger partial charge in [0.15, 0.2) is 0 Å². The molecule has 270 valence electrons. The Balaban J connectivity index is 0.961. The zero-order valence-electron chi connectivity index (χ0n) is 31.9. The van der Waals surface area contributed by atoms with Crippen LogP contribution in [-0.4, -0.2) is 0 Å². The van der Waals surface area contributed by atoms with Gasteiger partial charge >= 0.3 is 0 Å². The molecule has 1 aromatic heterocycles. The maximum absolute atomic E-state index is 2.43. The highest BCUT2D eigenvalue weighted by Gasteiger charge is 2.36. The van der Waals surface area contributed by atoms with Crippen molar-refractivity contribution in [3.63, 3.8) is 0 Å². The van der Waals surface area contributed by atoms with E-state index in [1.165, 1.54) is 86.6 Å². The molecule has 0 bridgehead atoms. The fourth-order valence-electron chi connectivity index (χ4n) is 9.06. The molecule has 0 unspecified atom stereocenters. The molecule has 0 saturated heterocycles. The minimum Gasteiger partial charge on any atom is -0.310 e. The van der Waals surface area contributed by atoms with Gasteiger partial charge in [-0.05, 0) is 115 Å². The highest BCUT2D eigenvalue weighted by atomic mass is 32.1. The van der Waals surface area contributed by atoms with Crippen molar-refractivity contribution in [1.82, 2.24) is 0 Å². The molecule has 57 heavy (non-hydrogen) atoms. The molecule has 0 amide bonds. The molecular weight excluding hydrogens is 707 g/mol. The van der Waals surface area contributed by atoms with E-state index in [4.69, 9.17) is 0 Å². The van der Waals surface area contributed by atoms with Crippen LogP contribution >= 0.6 is 11.3 Å². The average Bonchev–Trinajstić information content (AvgIpc) is 3.76. The van der Waals surface area contributed by atoms with Gasteiger partial charge in [-0.2, -0.15) is 0 Å². The third-order valence-corrected chi connectivity index (χ3v) is 13.3. The van der Waals surface area contributed by atoms with Gasteiger partial charge in [-0.25, -0.2) is 0 Å². The van der Waals surface area contributed by atoms with E-state index in [0.29, 0.717) is 0 Å². The number of hydrogen-bond donors (Lipinski definition) is 0. The van der Waals surface area contributed by atoms with Gasteiger partial charge in [0.25, 0.3) is 0 Å². The van der Waals surface area contributed by atoms with E-state index < -0.39 is 0 Å². The highest BCUT2D eigenvalue weighted by molar-refractivity contribution is 7.26. The number of hydrogen-bond acceptors (Lipinski definition) is 2. The van der Waals surface area contributed by atoms with Crippen LogP contribution in [0.5, 0.6) is 0 Å². The third-order valence-electron chi connectivity index (χ3n) is 12.1. The van der Waals surface area contributed by atoms with Gasteiger partial charge < -0.3 is 4.90 Å². The minimum absolute atomic E-state index is 0.154. The maximum atomic E-state index is 2.43. The van der Waals surface area contributed by atoms with Crippen molar-refractivity contribution in [2.45, 2.75) is 19.3 Å². The number of thiophene rings is 1. The van der Waals surface area contributed by atoms with E-state index >= 15 is 0 Å². The lowest BCUT2D eigenvalue weighted by molar-refractivity contribution is 0.660. The Hall–Kier alpha value is -6.74. The first-order valence-corrected chi connectivity index (χ1v) is 20.6. The van der Waals surface area contributed by atoms with Crippen LogP contribution in [0.4, 0.5) is 17.1 Å². The molecule has 1 aliphatic rings. The van der Waals surface area contributed by atoms with Crippen LogP contribution in [0.25, 0.3) is 75.5 Å². The molecule has 9 aromatic carbocycles. The van der Waals surface area contributed by atoms with Crippen molar-refractivity contribution >= 4 is 59.3 Å². The van der Waals surface area contributed by atoms with E-state index in [0.717, 1.165) is 17.1 Å². The summed E-state index contributed by atoms with van der Waals surface area (Å²) in [5.41, 5.74) is 16.1. The Morgan fingerprint density at radius 1 is 0.368 bits per heavy atom. The summed E-state index contributed by atoms with van der Waals surface area (Å²) < 4.78 is 2.68. The smallest absolute Gasteiger partial charge is 0.0468 e. The van der Waals surface area contributed by atoms with Crippen molar-refractivity contribution in [3.8, 4) is 44.5 Å². The first-order valence-electron chi connectivity index (χ1n) is 19.7. The molecule has 1 nitrogen and oxygen atoms in total. The lowest BCUT2D eigenvalue weighted by Gasteiger charge is -2.28. The molecular formula is C55H39NS. The number of rotatable bonds is 6. The van der Waals surface area contributed by atoms with E-state index in [9.17, 15) is 0 Å². The van der Waals surface area contributed by atoms with Crippen LogP contribution in [0.2, 0.25) is 0 Å². The van der Waals surface area contributed by atoms with Crippen LogP contribution in [-0.2, 0) is 5.41 Å². The summed E-state index contributed by atoms with van der Waals surface area (Å²) >= 11 is 1.88. The molecule has 0 fully saturated rings. The van der Waals surface area contributed by atoms with E-state index in [1.807, 2.05) is 11.3 Å². The second-order valence-electron chi connectivity index (χ2n) is 15.8. The molecule has 1 aliphatic carbocycles. The summed E-state index contributed by atoms with van der Waals surface area (Å²) in [7, 11) is 0. The van der Waals surface area contributed by atoms with Crippen LogP contribution < -0.4 is 4.90 Å². The van der Waals surface area contributed by atoms with Gasteiger partial charge in [0.05, 0.1) is 0 Å². The van der Waals surface area contributed by atoms with Crippen molar-refractivity contribution in [2.75, 3.05) is 4.90 Å². The largest absolute Gasteiger partial charge is 0.310 e. The predicted octanol–water partition coefficient (Wildman–Crippen LogP) is 16.0. The Morgan fingerprint density at radius 2 is 0.930 bits per heavy atom. The molecule has 0 radical (unpaired) electrons. The second-order valence-corrected chi connectivity index (χ2v) is 16.8. The van der Waals surface area contributed by atoms with E-state index in [1.54, 1.807) is 0 Å². The number of anilines is 3. The second kappa shape index (κ2) is 13.2. The van der Waals surface area contributed by atoms with Gasteiger partial charge in [-0.15, -0.1) is 11.3 Å². The van der Waals surface area contributed by atoms with E-state index in [2.05, 4.69) is 219 Å². The first kappa shape index (κ1) is 33.6. The van der Waals surface area contributed by atoms with Crippen LogP contribution in [0, 0.1) is 0 Å². The summed E-state index contributed by atoms with van der Waals surface area (Å²) in [6.45, 7) is 4.75. The van der Waals surface area contributed by atoms with Gasteiger partial charge in [-0.1, -0.05) is 166 Å². The zero-order chi connectivity index (χ0) is 38.1. The van der Waals surface area contributed by atoms with Crippen molar-refractivity contribution < 1.29 is 0 Å².